The Labute approximate surface area is 113 Å². The van der Waals surface area contributed by atoms with Crippen LogP contribution in [0.1, 0.15) is 30.6 Å². The lowest BCUT2D eigenvalue weighted by Gasteiger charge is -2.40. The average molecular weight is 264 g/mol. The van der Waals surface area contributed by atoms with E-state index in [1.165, 1.54) is 0 Å². The van der Waals surface area contributed by atoms with Gasteiger partial charge >= 0.3 is 5.97 Å². The molecule has 1 aliphatic heterocycles. The summed E-state index contributed by atoms with van der Waals surface area (Å²) in [5.74, 6) is -0.393. The molecule has 104 valence electrons. The van der Waals surface area contributed by atoms with Crippen molar-refractivity contribution in [2.45, 2.75) is 32.5 Å². The van der Waals surface area contributed by atoms with Crippen LogP contribution in [0.25, 0.3) is 0 Å². The second kappa shape index (κ2) is 5.72. The molecule has 1 aromatic carbocycles. The minimum Gasteiger partial charge on any atom is -0.456 e. The van der Waals surface area contributed by atoms with Crippen LogP contribution in [0.4, 0.5) is 0 Å². The van der Waals surface area contributed by atoms with Crippen molar-refractivity contribution in [3.8, 4) is 0 Å². The van der Waals surface area contributed by atoms with Gasteiger partial charge in [-0.15, -0.1) is 0 Å². The molecular formula is C15H20O4. The monoisotopic (exact) mass is 264 g/mol. The van der Waals surface area contributed by atoms with Crippen LogP contribution >= 0.6 is 0 Å². The van der Waals surface area contributed by atoms with Crippen LogP contribution < -0.4 is 0 Å². The van der Waals surface area contributed by atoms with Gasteiger partial charge in [-0.25, -0.2) is 4.79 Å². The molecule has 0 amide bonds. The molecule has 1 heterocycles. The fourth-order valence-corrected chi connectivity index (χ4v) is 2.14. The van der Waals surface area contributed by atoms with Crippen LogP contribution in [-0.2, 0) is 9.47 Å². The summed E-state index contributed by atoms with van der Waals surface area (Å²) in [6, 6.07) is 8.82. The van der Waals surface area contributed by atoms with E-state index in [1.54, 1.807) is 31.2 Å². The van der Waals surface area contributed by atoms with Crippen LogP contribution in [0.15, 0.2) is 30.3 Å². The Morgan fingerprint density at radius 3 is 2.53 bits per heavy atom. The maximum absolute atomic E-state index is 12.0. The predicted octanol–water partition coefficient (Wildman–Crippen LogP) is 2.02. The van der Waals surface area contributed by atoms with Gasteiger partial charge in [-0.05, 0) is 25.5 Å². The molecule has 19 heavy (non-hydrogen) atoms. The zero-order valence-electron chi connectivity index (χ0n) is 11.3. The number of esters is 1. The number of benzene rings is 1. The van der Waals surface area contributed by atoms with Crippen molar-refractivity contribution in [2.75, 3.05) is 13.2 Å². The molecule has 4 nitrogen and oxygen atoms in total. The largest absolute Gasteiger partial charge is 0.456 e. The van der Waals surface area contributed by atoms with E-state index in [1.807, 2.05) is 6.07 Å². The van der Waals surface area contributed by atoms with E-state index in [4.69, 9.17) is 9.47 Å². The Morgan fingerprint density at radius 1 is 1.42 bits per heavy atom. The molecule has 1 fully saturated rings. The summed E-state index contributed by atoms with van der Waals surface area (Å²) in [4.78, 5) is 12.0. The van der Waals surface area contributed by atoms with E-state index in [9.17, 15) is 9.90 Å². The van der Waals surface area contributed by atoms with Gasteiger partial charge in [-0.2, -0.15) is 0 Å². The molecule has 1 saturated heterocycles. The van der Waals surface area contributed by atoms with E-state index >= 15 is 0 Å². The Balaban J connectivity index is 1.98. The fourth-order valence-electron chi connectivity index (χ4n) is 2.14. The maximum Gasteiger partial charge on any atom is 0.338 e. The van der Waals surface area contributed by atoms with Gasteiger partial charge in [0.05, 0.1) is 24.9 Å². The third kappa shape index (κ3) is 3.55. The van der Waals surface area contributed by atoms with Gasteiger partial charge in [0.25, 0.3) is 0 Å². The Bertz CT molecular complexity index is 423. The zero-order chi connectivity index (χ0) is 13.9. The molecule has 0 saturated carbocycles. The van der Waals surface area contributed by atoms with Crippen LogP contribution in [0, 0.1) is 5.41 Å². The molecule has 1 N–H and O–H groups in total. The number of carbonyl (C=O) groups is 1. The first-order chi connectivity index (χ1) is 9.00. The number of hydrogen-bond acceptors (Lipinski definition) is 4. The van der Waals surface area contributed by atoms with Crippen LogP contribution in [0.2, 0.25) is 0 Å². The Morgan fingerprint density at radius 2 is 2.05 bits per heavy atom. The highest BCUT2D eigenvalue weighted by molar-refractivity contribution is 5.89. The van der Waals surface area contributed by atoms with Crippen molar-refractivity contribution in [1.29, 1.82) is 0 Å². The molecule has 0 radical (unpaired) electrons. The minimum absolute atomic E-state index is 0.00136. The zero-order valence-corrected chi connectivity index (χ0v) is 11.3. The molecule has 0 aromatic heterocycles. The highest BCUT2D eigenvalue weighted by Crippen LogP contribution is 2.33. The second-order valence-corrected chi connectivity index (χ2v) is 5.56. The molecule has 1 aromatic rings. The van der Waals surface area contributed by atoms with Gasteiger partial charge in [-0.3, -0.25) is 0 Å². The summed E-state index contributed by atoms with van der Waals surface area (Å²) < 4.78 is 10.6. The first-order valence-corrected chi connectivity index (χ1v) is 6.52. The Kier molecular flexibility index (Phi) is 4.22. The van der Waals surface area contributed by atoms with Crippen LogP contribution in [0.3, 0.4) is 0 Å². The summed E-state index contributed by atoms with van der Waals surface area (Å²) in [7, 11) is 0. The lowest BCUT2D eigenvalue weighted by Crippen LogP contribution is -2.45. The molecule has 2 atom stereocenters. The topological polar surface area (TPSA) is 55.8 Å². The Hall–Kier alpha value is -1.39. The quantitative estimate of drug-likeness (QED) is 0.827. The standard InChI is InChI=1S/C15H20O4/c1-11(16)13(8-15(2)9-18-10-15)19-14(17)12-6-4-3-5-7-12/h3-7,11,13,16H,8-10H2,1-2H3/t11-,13-/m0/s1. The van der Waals surface area contributed by atoms with Crippen molar-refractivity contribution in [1.82, 2.24) is 0 Å². The molecule has 4 heteroatoms. The number of ether oxygens (including phenoxy) is 2. The second-order valence-electron chi connectivity index (χ2n) is 5.56. The smallest absolute Gasteiger partial charge is 0.338 e. The maximum atomic E-state index is 12.0. The van der Waals surface area contributed by atoms with Crippen LogP contribution in [-0.4, -0.2) is 36.5 Å². The first-order valence-electron chi connectivity index (χ1n) is 6.52. The highest BCUT2D eigenvalue weighted by Gasteiger charge is 2.38. The minimum atomic E-state index is -0.690. The SMILES string of the molecule is C[C@H](O)[C@H](CC1(C)COC1)OC(=O)c1ccccc1. The third-order valence-corrected chi connectivity index (χ3v) is 3.40. The van der Waals surface area contributed by atoms with Gasteiger partial charge in [0.2, 0.25) is 0 Å². The lowest BCUT2D eigenvalue weighted by atomic mass is 9.81. The van der Waals surface area contributed by atoms with E-state index in [0.29, 0.717) is 25.2 Å². The third-order valence-electron chi connectivity index (χ3n) is 3.40. The average Bonchev–Trinajstić information content (AvgIpc) is 2.36. The van der Waals surface area contributed by atoms with E-state index < -0.39 is 18.2 Å². The van der Waals surface area contributed by atoms with Gasteiger partial charge in [-0.1, -0.05) is 25.1 Å². The molecule has 0 bridgehead atoms. The van der Waals surface area contributed by atoms with Crippen molar-refractivity contribution < 1.29 is 19.4 Å². The van der Waals surface area contributed by atoms with E-state index in [0.717, 1.165) is 0 Å². The molecular weight excluding hydrogens is 244 g/mol. The number of rotatable bonds is 5. The highest BCUT2D eigenvalue weighted by atomic mass is 16.6. The van der Waals surface area contributed by atoms with Crippen molar-refractivity contribution in [3.63, 3.8) is 0 Å². The summed E-state index contributed by atoms with van der Waals surface area (Å²) in [6.45, 7) is 5.02. The normalized spacial score (nSPS) is 20.2. The number of aliphatic hydroxyl groups excluding tert-OH is 1. The number of carbonyl (C=O) groups excluding carboxylic acids is 1. The van der Waals surface area contributed by atoms with E-state index in [-0.39, 0.29) is 5.41 Å². The molecule has 0 unspecified atom stereocenters. The molecule has 0 spiro atoms. The summed E-state index contributed by atoms with van der Waals surface area (Å²) >= 11 is 0. The lowest BCUT2D eigenvalue weighted by molar-refractivity contribution is -0.132. The predicted molar refractivity (Wildman–Crippen MR) is 70.9 cm³/mol. The molecule has 2 rings (SSSR count). The first kappa shape index (κ1) is 14.0. The van der Waals surface area contributed by atoms with Gasteiger partial charge in [0, 0.05) is 5.41 Å². The summed E-state index contributed by atoms with van der Waals surface area (Å²) in [5, 5.41) is 9.77. The summed E-state index contributed by atoms with van der Waals surface area (Å²) in [5.41, 5.74) is 0.502. The van der Waals surface area contributed by atoms with Crippen LogP contribution in [0.5, 0.6) is 0 Å². The van der Waals surface area contributed by atoms with Gasteiger partial charge in [0.15, 0.2) is 0 Å². The number of hydrogen-bond donors (Lipinski definition) is 1. The fraction of sp³-hybridized carbons (Fsp3) is 0.533. The van der Waals surface area contributed by atoms with Crippen molar-refractivity contribution >= 4 is 5.97 Å². The molecule has 1 aliphatic rings. The van der Waals surface area contributed by atoms with Crippen molar-refractivity contribution in [2.24, 2.45) is 5.41 Å². The van der Waals surface area contributed by atoms with Crippen molar-refractivity contribution in [3.05, 3.63) is 35.9 Å². The molecule has 0 aliphatic carbocycles. The van der Waals surface area contributed by atoms with Gasteiger partial charge in [0.1, 0.15) is 6.10 Å². The summed E-state index contributed by atoms with van der Waals surface area (Å²) in [6.07, 6.45) is -0.574. The number of aliphatic hydroxyl groups is 1. The van der Waals surface area contributed by atoms with E-state index in [2.05, 4.69) is 6.92 Å². The van der Waals surface area contributed by atoms with Gasteiger partial charge < -0.3 is 14.6 Å².